The number of hydrogen-bond donors (Lipinski definition) is 1. The Morgan fingerprint density at radius 2 is 2.12 bits per heavy atom. The molecular weight excluding hydrogens is 204 g/mol. The molecule has 3 nitrogen and oxygen atoms in total. The number of aliphatic hydroxyl groups excluding tert-OH is 1. The summed E-state index contributed by atoms with van der Waals surface area (Å²) in [6.45, 7) is 8.96. The van der Waals surface area contributed by atoms with Crippen LogP contribution in [0.25, 0.3) is 12.2 Å². The predicted octanol–water partition coefficient (Wildman–Crippen LogP) is 0.925. The Morgan fingerprint density at radius 1 is 1.50 bits per heavy atom. The van der Waals surface area contributed by atoms with Gasteiger partial charge in [-0.15, -0.1) is 0 Å². The van der Waals surface area contributed by atoms with E-state index in [0.29, 0.717) is 10.6 Å². The van der Waals surface area contributed by atoms with Crippen LogP contribution in [-0.4, -0.2) is 5.11 Å². The average Bonchev–Trinajstić information content (AvgIpc) is 2.33. The zero-order valence-corrected chi connectivity index (χ0v) is 9.99. The molecule has 1 aromatic heterocycles. The topological polar surface area (TPSA) is 50.4 Å². The lowest BCUT2D eigenvalue weighted by Crippen LogP contribution is -2.40. The van der Waals surface area contributed by atoms with Crippen molar-refractivity contribution in [3.63, 3.8) is 0 Å². The van der Waals surface area contributed by atoms with E-state index in [-0.39, 0.29) is 17.6 Å². The van der Waals surface area contributed by atoms with Crippen LogP contribution in [-0.2, 0) is 6.61 Å². The van der Waals surface area contributed by atoms with Gasteiger partial charge in [0.2, 0.25) is 0 Å². The van der Waals surface area contributed by atoms with E-state index in [0.717, 1.165) is 0 Å². The maximum atomic E-state index is 11.6. The molecule has 0 amide bonds. The van der Waals surface area contributed by atoms with Gasteiger partial charge >= 0.3 is 0 Å². The number of rotatable bonds is 2. The molecule has 0 aromatic carbocycles. The first-order valence-electron chi connectivity index (χ1n) is 5.25. The Bertz CT molecular complexity index is 495. The summed E-state index contributed by atoms with van der Waals surface area (Å²) >= 11 is 0. The highest BCUT2D eigenvalue weighted by Crippen LogP contribution is 1.83. The van der Waals surface area contributed by atoms with Crippen LogP contribution in [0.3, 0.4) is 0 Å². The van der Waals surface area contributed by atoms with Crippen molar-refractivity contribution in [2.75, 3.05) is 0 Å². The fourth-order valence-electron chi connectivity index (χ4n) is 1.16. The van der Waals surface area contributed by atoms with Gasteiger partial charge in [-0.2, -0.15) is 0 Å². The van der Waals surface area contributed by atoms with Gasteiger partial charge in [-0.25, -0.2) is 0 Å². The standard InChI is InChI=1S/C11H12O3.C2H6/c1-3-5-10-9(4-2)11(13)8(6-12)7-14-10;1-2/h3-5,7,12H,1,6H2,2H3;1-2H3/b9-4+,10-5+;. The van der Waals surface area contributed by atoms with Crippen LogP contribution in [0.15, 0.2) is 28.1 Å². The highest BCUT2D eigenvalue weighted by atomic mass is 16.3. The first kappa shape index (κ1) is 14.4. The molecule has 1 N–H and O–H groups in total. The van der Waals surface area contributed by atoms with Gasteiger partial charge in [0.05, 0.1) is 17.4 Å². The lowest BCUT2D eigenvalue weighted by molar-refractivity contribution is 0.275. The van der Waals surface area contributed by atoms with Gasteiger partial charge in [0.15, 0.2) is 5.43 Å². The fraction of sp³-hybridized carbons (Fsp3) is 0.308. The molecule has 3 heteroatoms. The molecule has 0 radical (unpaired) electrons. The molecule has 0 aliphatic rings. The first-order chi connectivity index (χ1) is 7.74. The summed E-state index contributed by atoms with van der Waals surface area (Å²) in [6, 6.07) is 0. The molecule has 1 heterocycles. The van der Waals surface area contributed by atoms with Gasteiger partial charge in [-0.3, -0.25) is 4.79 Å². The third-order valence-corrected chi connectivity index (χ3v) is 1.86. The van der Waals surface area contributed by atoms with Crippen LogP contribution in [0, 0.1) is 0 Å². The van der Waals surface area contributed by atoms with Crippen molar-refractivity contribution >= 4 is 12.2 Å². The molecule has 0 fully saturated rings. The molecule has 0 saturated carbocycles. The van der Waals surface area contributed by atoms with Crippen molar-refractivity contribution in [2.45, 2.75) is 27.4 Å². The van der Waals surface area contributed by atoms with Gasteiger partial charge in [-0.05, 0) is 13.0 Å². The van der Waals surface area contributed by atoms with Crippen molar-refractivity contribution < 1.29 is 9.52 Å². The zero-order valence-electron chi connectivity index (χ0n) is 9.99. The highest BCUT2D eigenvalue weighted by molar-refractivity contribution is 5.34. The second-order valence-electron chi connectivity index (χ2n) is 2.72. The molecular formula is C13H18O3. The molecule has 0 atom stereocenters. The summed E-state index contributed by atoms with van der Waals surface area (Å²) in [5.74, 6) is 0. The van der Waals surface area contributed by atoms with Crippen molar-refractivity contribution in [1.82, 2.24) is 0 Å². The summed E-state index contributed by atoms with van der Waals surface area (Å²) in [4.78, 5) is 11.6. The number of allylic oxidation sites excluding steroid dienone is 1. The van der Waals surface area contributed by atoms with Crippen molar-refractivity contribution in [3.05, 3.63) is 45.3 Å². The first-order valence-corrected chi connectivity index (χ1v) is 5.25. The van der Waals surface area contributed by atoms with Gasteiger partial charge in [0, 0.05) is 0 Å². The van der Waals surface area contributed by atoms with E-state index >= 15 is 0 Å². The quantitative estimate of drug-likeness (QED) is 0.809. The third-order valence-electron chi connectivity index (χ3n) is 1.86. The smallest absolute Gasteiger partial charge is 0.197 e. The van der Waals surface area contributed by atoms with Crippen molar-refractivity contribution in [1.29, 1.82) is 0 Å². The molecule has 0 unspecified atom stereocenters. The molecule has 0 aliphatic heterocycles. The summed E-state index contributed by atoms with van der Waals surface area (Å²) in [5.41, 5.74) is 0.526. The number of aliphatic hydroxyl groups is 1. The third kappa shape index (κ3) is 3.21. The largest absolute Gasteiger partial charge is 0.464 e. The molecule has 0 spiro atoms. The zero-order chi connectivity index (χ0) is 12.6. The van der Waals surface area contributed by atoms with Gasteiger partial charge in [-0.1, -0.05) is 32.6 Å². The summed E-state index contributed by atoms with van der Waals surface area (Å²) < 4.78 is 5.17. The van der Waals surface area contributed by atoms with Crippen LogP contribution < -0.4 is 16.1 Å². The number of hydrogen-bond acceptors (Lipinski definition) is 3. The molecule has 1 rings (SSSR count). The molecule has 0 aliphatic carbocycles. The van der Waals surface area contributed by atoms with Crippen LogP contribution in [0.2, 0.25) is 0 Å². The van der Waals surface area contributed by atoms with E-state index in [9.17, 15) is 4.79 Å². The van der Waals surface area contributed by atoms with Crippen LogP contribution in [0.1, 0.15) is 26.3 Å². The Hall–Kier alpha value is -1.61. The van der Waals surface area contributed by atoms with Crippen LogP contribution in [0.4, 0.5) is 0 Å². The average molecular weight is 222 g/mol. The van der Waals surface area contributed by atoms with Crippen molar-refractivity contribution in [2.24, 2.45) is 0 Å². The van der Waals surface area contributed by atoms with E-state index in [2.05, 4.69) is 6.58 Å². The molecule has 0 saturated heterocycles. The second kappa shape index (κ2) is 7.65. The molecule has 88 valence electrons. The van der Waals surface area contributed by atoms with Crippen LogP contribution in [0.5, 0.6) is 0 Å². The summed E-state index contributed by atoms with van der Waals surface area (Å²) in [6.07, 6.45) is 6.08. The fourth-order valence-corrected chi connectivity index (χ4v) is 1.16. The summed E-state index contributed by atoms with van der Waals surface area (Å²) in [7, 11) is 0. The maximum Gasteiger partial charge on any atom is 0.197 e. The monoisotopic (exact) mass is 222 g/mol. The minimum atomic E-state index is -0.308. The van der Waals surface area contributed by atoms with Gasteiger partial charge < -0.3 is 9.52 Å². The Kier molecular flexibility index (Phi) is 6.88. The Morgan fingerprint density at radius 3 is 2.56 bits per heavy atom. The minimum Gasteiger partial charge on any atom is -0.464 e. The predicted molar refractivity (Wildman–Crippen MR) is 66.3 cm³/mol. The van der Waals surface area contributed by atoms with Crippen LogP contribution >= 0.6 is 0 Å². The Labute approximate surface area is 95.0 Å². The second-order valence-corrected chi connectivity index (χ2v) is 2.72. The highest BCUT2D eigenvalue weighted by Gasteiger charge is 2.00. The van der Waals surface area contributed by atoms with E-state index in [1.165, 1.54) is 6.26 Å². The maximum absolute atomic E-state index is 11.6. The minimum absolute atomic E-state index is 0.200. The van der Waals surface area contributed by atoms with Gasteiger partial charge in [0.25, 0.3) is 0 Å². The van der Waals surface area contributed by atoms with Gasteiger partial charge in [0.1, 0.15) is 11.7 Å². The Balaban J connectivity index is 0.00000106. The van der Waals surface area contributed by atoms with E-state index in [1.807, 2.05) is 13.8 Å². The van der Waals surface area contributed by atoms with E-state index < -0.39 is 0 Å². The molecule has 1 aromatic rings. The molecule has 0 bridgehead atoms. The molecule has 16 heavy (non-hydrogen) atoms. The SMILES string of the molecule is C=C/C=c1/occ(CO)c(=O)/c1=C/C.CC. The normalized spacial score (nSPS) is 12.0. The van der Waals surface area contributed by atoms with E-state index in [4.69, 9.17) is 9.52 Å². The van der Waals surface area contributed by atoms with E-state index in [1.54, 1.807) is 25.2 Å². The summed E-state index contributed by atoms with van der Waals surface area (Å²) in [5, 5.41) is 9.31. The lowest BCUT2D eigenvalue weighted by atomic mass is 10.2. The lowest BCUT2D eigenvalue weighted by Gasteiger charge is -1.94. The van der Waals surface area contributed by atoms with Crippen molar-refractivity contribution in [3.8, 4) is 0 Å².